The number of carbonyl (C=O) groups excluding carboxylic acids is 2. The van der Waals surface area contributed by atoms with Gasteiger partial charge in [0.1, 0.15) is 5.75 Å². The summed E-state index contributed by atoms with van der Waals surface area (Å²) in [5.41, 5.74) is 4.40. The second-order valence-electron chi connectivity index (χ2n) is 9.01. The van der Waals surface area contributed by atoms with E-state index >= 15 is 0 Å². The molecule has 0 amide bonds. The molecule has 3 aliphatic rings. The van der Waals surface area contributed by atoms with Crippen molar-refractivity contribution in [2.24, 2.45) is 0 Å². The number of ketones is 1. The standard InChI is InChI=1S/C28H29NO6/c1-4-11-33-22-8-6-5-7-19(22)26-25(28(31)32-3)16(2)29-20-12-18(13-21(30)27(20)26)17-9-10-23-24(14-17)35-15-34-23/h5-10,14,18,26,29H,4,11-13,15H2,1-3H3. The lowest BCUT2D eigenvalue weighted by Gasteiger charge is -2.37. The summed E-state index contributed by atoms with van der Waals surface area (Å²) in [6, 6.07) is 13.5. The van der Waals surface area contributed by atoms with Gasteiger partial charge in [0, 0.05) is 29.0 Å². The third-order valence-electron chi connectivity index (χ3n) is 6.79. The maximum Gasteiger partial charge on any atom is 0.336 e. The van der Waals surface area contributed by atoms with Gasteiger partial charge in [0.05, 0.1) is 25.2 Å². The average molecular weight is 476 g/mol. The lowest BCUT2D eigenvalue weighted by atomic mass is 9.71. The van der Waals surface area contributed by atoms with Gasteiger partial charge in [0.15, 0.2) is 17.3 Å². The van der Waals surface area contributed by atoms with Crippen LogP contribution in [0.3, 0.4) is 0 Å². The molecule has 0 aromatic heterocycles. The molecule has 182 valence electrons. The molecule has 0 radical (unpaired) electrons. The number of nitrogens with one attached hydrogen (secondary N) is 1. The van der Waals surface area contributed by atoms with Crippen LogP contribution < -0.4 is 19.5 Å². The van der Waals surface area contributed by atoms with Crippen LogP contribution in [0.1, 0.15) is 56.1 Å². The number of esters is 1. The lowest BCUT2D eigenvalue weighted by molar-refractivity contribution is -0.136. The average Bonchev–Trinajstić information content (AvgIpc) is 3.34. The van der Waals surface area contributed by atoms with Crippen LogP contribution in [0, 0.1) is 0 Å². The van der Waals surface area contributed by atoms with Crippen molar-refractivity contribution in [2.75, 3.05) is 20.5 Å². The van der Waals surface area contributed by atoms with Crippen LogP contribution in [0.2, 0.25) is 0 Å². The van der Waals surface area contributed by atoms with Gasteiger partial charge >= 0.3 is 5.97 Å². The fourth-order valence-electron chi connectivity index (χ4n) is 5.20. The number of fused-ring (bicyclic) bond motifs is 1. The van der Waals surface area contributed by atoms with E-state index in [1.807, 2.05) is 56.3 Å². The summed E-state index contributed by atoms with van der Waals surface area (Å²) in [6.07, 6.45) is 1.83. The molecule has 7 nitrogen and oxygen atoms in total. The molecule has 1 N–H and O–H groups in total. The van der Waals surface area contributed by atoms with Crippen LogP contribution in [0.5, 0.6) is 17.2 Å². The highest BCUT2D eigenvalue weighted by atomic mass is 16.7. The van der Waals surface area contributed by atoms with Crippen molar-refractivity contribution in [3.05, 3.63) is 76.1 Å². The van der Waals surface area contributed by atoms with E-state index in [-0.39, 0.29) is 18.5 Å². The van der Waals surface area contributed by atoms with Gasteiger partial charge in [-0.3, -0.25) is 4.79 Å². The zero-order valence-electron chi connectivity index (χ0n) is 20.2. The Morgan fingerprint density at radius 2 is 1.91 bits per heavy atom. The topological polar surface area (TPSA) is 83.1 Å². The van der Waals surface area contributed by atoms with Crippen LogP contribution in [0.15, 0.2) is 65.0 Å². The molecule has 1 aliphatic carbocycles. The fourth-order valence-corrected chi connectivity index (χ4v) is 5.20. The summed E-state index contributed by atoms with van der Waals surface area (Å²) in [5.74, 6) is 1.08. The van der Waals surface area contributed by atoms with Gasteiger partial charge in [-0.25, -0.2) is 4.79 Å². The number of hydrogen-bond acceptors (Lipinski definition) is 7. The summed E-state index contributed by atoms with van der Waals surface area (Å²) in [6.45, 7) is 4.65. The predicted octanol–water partition coefficient (Wildman–Crippen LogP) is 4.74. The van der Waals surface area contributed by atoms with E-state index in [4.69, 9.17) is 18.9 Å². The highest BCUT2D eigenvalue weighted by molar-refractivity contribution is 6.04. The van der Waals surface area contributed by atoms with E-state index in [9.17, 15) is 9.59 Å². The summed E-state index contributed by atoms with van der Waals surface area (Å²) < 4.78 is 22.2. The van der Waals surface area contributed by atoms with Crippen molar-refractivity contribution < 1.29 is 28.5 Å². The Morgan fingerprint density at radius 1 is 1.11 bits per heavy atom. The zero-order valence-corrected chi connectivity index (χ0v) is 20.2. The Kier molecular flexibility index (Phi) is 6.24. The third kappa shape index (κ3) is 4.16. The summed E-state index contributed by atoms with van der Waals surface area (Å²) in [5, 5.41) is 3.37. The second kappa shape index (κ2) is 9.49. The van der Waals surface area contributed by atoms with Crippen molar-refractivity contribution in [2.45, 2.75) is 44.9 Å². The first-order chi connectivity index (χ1) is 17.0. The van der Waals surface area contributed by atoms with E-state index in [0.717, 1.165) is 29.0 Å². The summed E-state index contributed by atoms with van der Waals surface area (Å²) in [7, 11) is 1.36. The SMILES string of the molecule is CCCOc1ccccc1C1C(C(=O)OC)=C(C)NC2=C1C(=O)CC(c1ccc3c(c1)OCO3)C2. The first-order valence-corrected chi connectivity index (χ1v) is 11.9. The molecule has 2 heterocycles. The number of dihydropyridines is 1. The van der Waals surface area contributed by atoms with E-state index in [2.05, 4.69) is 5.32 Å². The number of carbonyl (C=O) groups is 2. The van der Waals surface area contributed by atoms with Crippen LogP contribution >= 0.6 is 0 Å². The number of para-hydroxylation sites is 1. The summed E-state index contributed by atoms with van der Waals surface area (Å²) in [4.78, 5) is 26.7. The Bertz CT molecular complexity index is 1240. The fraction of sp³-hybridized carbons (Fsp3) is 0.357. The molecular formula is C28H29NO6. The number of ether oxygens (including phenoxy) is 4. The smallest absolute Gasteiger partial charge is 0.336 e. The van der Waals surface area contributed by atoms with Crippen molar-refractivity contribution >= 4 is 11.8 Å². The van der Waals surface area contributed by atoms with E-state index in [1.165, 1.54) is 7.11 Å². The van der Waals surface area contributed by atoms with Crippen LogP contribution in [0.25, 0.3) is 0 Å². The molecule has 0 saturated carbocycles. The van der Waals surface area contributed by atoms with Crippen LogP contribution in [0.4, 0.5) is 0 Å². The van der Waals surface area contributed by atoms with Crippen LogP contribution in [-0.2, 0) is 14.3 Å². The van der Waals surface area contributed by atoms with Crippen molar-refractivity contribution in [3.63, 3.8) is 0 Å². The van der Waals surface area contributed by atoms with Gasteiger partial charge in [-0.15, -0.1) is 0 Å². The molecule has 2 aromatic rings. The van der Waals surface area contributed by atoms with Gasteiger partial charge in [0.25, 0.3) is 0 Å². The molecule has 2 aliphatic heterocycles. The van der Waals surface area contributed by atoms with Gasteiger partial charge in [-0.1, -0.05) is 31.2 Å². The van der Waals surface area contributed by atoms with E-state index < -0.39 is 11.9 Å². The highest BCUT2D eigenvalue weighted by Gasteiger charge is 2.42. The molecular weight excluding hydrogens is 446 g/mol. The summed E-state index contributed by atoms with van der Waals surface area (Å²) >= 11 is 0. The van der Waals surface area contributed by atoms with Gasteiger partial charge in [0.2, 0.25) is 6.79 Å². The molecule has 7 heteroatoms. The second-order valence-corrected chi connectivity index (χ2v) is 9.01. The molecule has 35 heavy (non-hydrogen) atoms. The number of rotatable bonds is 6. The first kappa shape index (κ1) is 23.0. The largest absolute Gasteiger partial charge is 0.493 e. The van der Waals surface area contributed by atoms with Crippen molar-refractivity contribution in [1.29, 1.82) is 0 Å². The van der Waals surface area contributed by atoms with E-state index in [0.29, 0.717) is 47.8 Å². The maximum absolute atomic E-state index is 13.7. The minimum Gasteiger partial charge on any atom is -0.493 e. The molecule has 2 aromatic carbocycles. The molecule has 0 fully saturated rings. The minimum atomic E-state index is -0.558. The molecule has 5 rings (SSSR count). The first-order valence-electron chi connectivity index (χ1n) is 11.9. The molecule has 0 spiro atoms. The maximum atomic E-state index is 13.7. The number of allylic oxidation sites excluding steroid dienone is 3. The molecule has 0 bridgehead atoms. The Hall–Kier alpha value is -3.74. The molecule has 2 atom stereocenters. The molecule has 0 saturated heterocycles. The third-order valence-corrected chi connectivity index (χ3v) is 6.79. The normalized spacial score (nSPS) is 20.9. The Morgan fingerprint density at radius 3 is 2.71 bits per heavy atom. The lowest BCUT2D eigenvalue weighted by Crippen LogP contribution is -2.36. The number of methoxy groups -OCH3 is 1. The predicted molar refractivity (Wildman–Crippen MR) is 129 cm³/mol. The monoisotopic (exact) mass is 475 g/mol. The van der Waals surface area contributed by atoms with Crippen LogP contribution in [-0.4, -0.2) is 32.3 Å². The molecule has 2 unspecified atom stereocenters. The van der Waals surface area contributed by atoms with Crippen molar-refractivity contribution in [3.8, 4) is 17.2 Å². The number of Topliss-reactive ketones (excluding diaryl/α,β-unsaturated/α-hetero) is 1. The minimum absolute atomic E-state index is 0.00520. The quantitative estimate of drug-likeness (QED) is 0.605. The van der Waals surface area contributed by atoms with Gasteiger partial charge in [-0.2, -0.15) is 0 Å². The van der Waals surface area contributed by atoms with Gasteiger partial charge in [-0.05, 0) is 49.4 Å². The highest BCUT2D eigenvalue weighted by Crippen LogP contribution is 2.48. The Balaban J connectivity index is 1.57. The van der Waals surface area contributed by atoms with Gasteiger partial charge < -0.3 is 24.3 Å². The number of hydrogen-bond donors (Lipinski definition) is 1. The Labute approximate surface area is 204 Å². The van der Waals surface area contributed by atoms with Crippen molar-refractivity contribution in [1.82, 2.24) is 5.32 Å². The zero-order chi connectivity index (χ0) is 24.5. The number of benzene rings is 2. The van der Waals surface area contributed by atoms with E-state index in [1.54, 1.807) is 0 Å².